The van der Waals surface area contributed by atoms with Gasteiger partial charge in [-0.2, -0.15) is 0 Å². The molecule has 0 aliphatic heterocycles. The van der Waals surface area contributed by atoms with E-state index in [-0.39, 0.29) is 0 Å². The largest absolute Gasteiger partial charge is 0.351 e. The molecular formula is C8H18BN. The average molecular weight is 139 g/mol. The van der Waals surface area contributed by atoms with Gasteiger partial charge < -0.3 is 4.81 Å². The molecule has 1 saturated carbocycles. The molecule has 2 heteroatoms. The Hall–Kier alpha value is 0.0249. The van der Waals surface area contributed by atoms with Crippen LogP contribution in [0.4, 0.5) is 0 Å². The van der Waals surface area contributed by atoms with E-state index in [1.54, 1.807) is 0 Å². The maximum atomic E-state index is 2.35. The Morgan fingerprint density at radius 2 is 2.10 bits per heavy atom. The summed E-state index contributed by atoms with van der Waals surface area (Å²) >= 11 is 0. The van der Waals surface area contributed by atoms with Crippen LogP contribution >= 0.6 is 0 Å². The van der Waals surface area contributed by atoms with Crippen molar-refractivity contribution in [2.45, 2.75) is 26.2 Å². The minimum atomic E-state index is 1.02. The Labute approximate surface area is 65.2 Å². The lowest BCUT2D eigenvalue weighted by atomic mass is 9.74. The minimum absolute atomic E-state index is 1.02. The first kappa shape index (κ1) is 8.12. The van der Waals surface area contributed by atoms with E-state index in [4.69, 9.17) is 0 Å². The molecular weight excluding hydrogens is 121 g/mol. The predicted molar refractivity (Wildman–Crippen MR) is 47.7 cm³/mol. The van der Waals surface area contributed by atoms with Crippen molar-refractivity contribution in [1.29, 1.82) is 0 Å². The van der Waals surface area contributed by atoms with Crippen molar-refractivity contribution >= 4 is 7.98 Å². The summed E-state index contributed by atoms with van der Waals surface area (Å²) in [6, 6.07) is 0. The normalized spacial score (nSPS) is 32.3. The molecule has 0 aromatic rings. The molecule has 0 amide bonds. The van der Waals surface area contributed by atoms with Gasteiger partial charge in [-0.3, -0.25) is 0 Å². The summed E-state index contributed by atoms with van der Waals surface area (Å²) < 4.78 is 0. The number of rotatable bonds is 3. The Morgan fingerprint density at radius 3 is 2.50 bits per heavy atom. The molecule has 10 heavy (non-hydrogen) atoms. The number of hydrogen-bond acceptors (Lipinski definition) is 1. The molecule has 1 rings (SSSR count). The summed E-state index contributed by atoms with van der Waals surface area (Å²) in [7, 11) is 4.31. The average Bonchev–Trinajstić information content (AvgIpc) is 1.77. The lowest BCUT2D eigenvalue weighted by Gasteiger charge is -2.33. The molecule has 1 nitrogen and oxygen atoms in total. The molecule has 0 aromatic heterocycles. The van der Waals surface area contributed by atoms with Crippen LogP contribution in [0, 0.1) is 11.8 Å². The molecule has 0 N–H and O–H groups in total. The third-order valence-corrected chi connectivity index (χ3v) is 2.46. The van der Waals surface area contributed by atoms with E-state index in [1.165, 1.54) is 25.8 Å². The van der Waals surface area contributed by atoms with E-state index < -0.39 is 0 Å². The third kappa shape index (κ3) is 2.33. The summed E-state index contributed by atoms with van der Waals surface area (Å²) in [5.41, 5.74) is 0. The standard InChI is InChI=1S/C8H18BN/c1-7-5-8(6-7)3-4-10(2)9/h7-8H,3-6,9H2,1-2H3/t7-,8+. The molecule has 1 aliphatic rings. The Morgan fingerprint density at radius 1 is 1.50 bits per heavy atom. The second-order valence-corrected chi connectivity index (χ2v) is 4.03. The van der Waals surface area contributed by atoms with Crippen LogP contribution in [0.1, 0.15) is 26.2 Å². The molecule has 1 aliphatic carbocycles. The van der Waals surface area contributed by atoms with Crippen molar-refractivity contribution in [2.75, 3.05) is 13.6 Å². The van der Waals surface area contributed by atoms with Crippen LogP contribution in [0.5, 0.6) is 0 Å². The van der Waals surface area contributed by atoms with Gasteiger partial charge >= 0.3 is 0 Å². The first-order chi connectivity index (χ1) is 4.68. The van der Waals surface area contributed by atoms with Crippen molar-refractivity contribution in [2.24, 2.45) is 11.8 Å². The zero-order chi connectivity index (χ0) is 7.56. The van der Waals surface area contributed by atoms with Crippen molar-refractivity contribution in [3.05, 3.63) is 0 Å². The summed E-state index contributed by atoms with van der Waals surface area (Å²) in [4.78, 5) is 2.28. The summed E-state index contributed by atoms with van der Waals surface area (Å²) in [5.74, 6) is 2.07. The van der Waals surface area contributed by atoms with Gasteiger partial charge in [-0.25, -0.2) is 0 Å². The smallest absolute Gasteiger partial charge is 0.185 e. The highest BCUT2D eigenvalue weighted by Gasteiger charge is 2.24. The van der Waals surface area contributed by atoms with Crippen LogP contribution in [-0.4, -0.2) is 26.4 Å². The van der Waals surface area contributed by atoms with Gasteiger partial charge in [0.15, 0.2) is 7.98 Å². The Balaban J connectivity index is 1.95. The van der Waals surface area contributed by atoms with Crippen LogP contribution in [0.2, 0.25) is 0 Å². The van der Waals surface area contributed by atoms with Gasteiger partial charge in [-0.05, 0) is 44.7 Å². The van der Waals surface area contributed by atoms with E-state index in [0.29, 0.717) is 0 Å². The molecule has 0 bridgehead atoms. The van der Waals surface area contributed by atoms with Gasteiger partial charge in [0, 0.05) is 0 Å². The fourth-order valence-corrected chi connectivity index (χ4v) is 1.75. The van der Waals surface area contributed by atoms with Gasteiger partial charge in [0.05, 0.1) is 0 Å². The maximum absolute atomic E-state index is 2.35. The van der Waals surface area contributed by atoms with Crippen LogP contribution in [-0.2, 0) is 0 Å². The SMILES string of the molecule is BN(C)CC[C@H]1C[C@@H](C)C1. The third-order valence-electron chi connectivity index (χ3n) is 2.46. The second-order valence-electron chi connectivity index (χ2n) is 4.03. The molecule has 0 aromatic carbocycles. The summed E-state index contributed by atoms with van der Waals surface area (Å²) in [6.07, 6.45) is 4.37. The van der Waals surface area contributed by atoms with Gasteiger partial charge in [0.25, 0.3) is 0 Å². The van der Waals surface area contributed by atoms with Crippen molar-refractivity contribution in [3.8, 4) is 0 Å². The highest BCUT2D eigenvalue weighted by Crippen LogP contribution is 2.35. The Kier molecular flexibility index (Phi) is 2.78. The number of hydrogen-bond donors (Lipinski definition) is 0. The van der Waals surface area contributed by atoms with Crippen LogP contribution in [0.25, 0.3) is 0 Å². The molecule has 0 radical (unpaired) electrons. The molecule has 0 heterocycles. The van der Waals surface area contributed by atoms with E-state index in [2.05, 4.69) is 26.8 Å². The molecule has 1 fully saturated rings. The molecule has 0 atom stereocenters. The maximum Gasteiger partial charge on any atom is 0.185 e. The van der Waals surface area contributed by atoms with Gasteiger partial charge in [0.2, 0.25) is 0 Å². The highest BCUT2D eigenvalue weighted by molar-refractivity contribution is 6.04. The lowest BCUT2D eigenvalue weighted by molar-refractivity contribution is 0.191. The zero-order valence-corrected chi connectivity index (χ0v) is 7.43. The van der Waals surface area contributed by atoms with Crippen molar-refractivity contribution in [1.82, 2.24) is 4.81 Å². The number of nitrogens with zero attached hydrogens (tertiary/aromatic N) is 1. The summed E-state index contributed by atoms with van der Waals surface area (Å²) in [5, 5.41) is 0. The van der Waals surface area contributed by atoms with Crippen LogP contribution in [0.15, 0.2) is 0 Å². The lowest BCUT2D eigenvalue weighted by Crippen LogP contribution is -2.26. The van der Waals surface area contributed by atoms with Crippen LogP contribution < -0.4 is 0 Å². The van der Waals surface area contributed by atoms with E-state index in [1.807, 2.05) is 0 Å². The van der Waals surface area contributed by atoms with E-state index in [0.717, 1.165) is 11.8 Å². The molecule has 0 saturated heterocycles. The van der Waals surface area contributed by atoms with E-state index >= 15 is 0 Å². The summed E-state index contributed by atoms with van der Waals surface area (Å²) in [6.45, 7) is 3.63. The first-order valence-electron chi connectivity index (χ1n) is 4.33. The fourth-order valence-electron chi connectivity index (χ4n) is 1.75. The predicted octanol–water partition coefficient (Wildman–Crippen LogP) is 0.902. The van der Waals surface area contributed by atoms with E-state index in [9.17, 15) is 0 Å². The molecule has 0 spiro atoms. The molecule has 0 unspecified atom stereocenters. The minimum Gasteiger partial charge on any atom is -0.351 e. The quantitative estimate of drug-likeness (QED) is 0.525. The van der Waals surface area contributed by atoms with Gasteiger partial charge in [-0.1, -0.05) is 6.92 Å². The van der Waals surface area contributed by atoms with Crippen molar-refractivity contribution < 1.29 is 0 Å². The van der Waals surface area contributed by atoms with Gasteiger partial charge in [0.1, 0.15) is 0 Å². The zero-order valence-electron chi connectivity index (χ0n) is 7.43. The highest BCUT2D eigenvalue weighted by atomic mass is 15.0. The topological polar surface area (TPSA) is 3.24 Å². The van der Waals surface area contributed by atoms with Gasteiger partial charge in [-0.15, -0.1) is 0 Å². The van der Waals surface area contributed by atoms with Crippen LogP contribution in [0.3, 0.4) is 0 Å². The monoisotopic (exact) mass is 139 g/mol. The van der Waals surface area contributed by atoms with Crippen molar-refractivity contribution in [3.63, 3.8) is 0 Å². The fraction of sp³-hybridized carbons (Fsp3) is 1.00. The Bertz CT molecular complexity index is 97.4. The molecule has 58 valence electrons. The first-order valence-corrected chi connectivity index (χ1v) is 4.33. The second kappa shape index (κ2) is 3.43.